The lowest BCUT2D eigenvalue weighted by Crippen LogP contribution is -2.50. The van der Waals surface area contributed by atoms with Crippen molar-refractivity contribution in [1.82, 2.24) is 14.9 Å². The Morgan fingerprint density at radius 3 is 2.78 bits per heavy atom. The van der Waals surface area contributed by atoms with Crippen molar-refractivity contribution in [3.8, 4) is 0 Å². The van der Waals surface area contributed by atoms with Crippen molar-refractivity contribution in [2.24, 2.45) is 7.05 Å². The van der Waals surface area contributed by atoms with Gasteiger partial charge in [0.05, 0.1) is 11.6 Å². The highest BCUT2D eigenvalue weighted by Crippen LogP contribution is 2.36. The number of hydrogen-bond donors (Lipinski definition) is 1. The molecular formula is C13H23N3O2. The van der Waals surface area contributed by atoms with E-state index in [-0.39, 0.29) is 11.6 Å². The van der Waals surface area contributed by atoms with Gasteiger partial charge in [0.25, 0.3) is 0 Å². The van der Waals surface area contributed by atoms with Crippen LogP contribution in [0.25, 0.3) is 0 Å². The predicted molar refractivity (Wildman–Crippen MR) is 69.4 cm³/mol. The summed E-state index contributed by atoms with van der Waals surface area (Å²) >= 11 is 0. The van der Waals surface area contributed by atoms with Gasteiger partial charge in [-0.3, -0.25) is 0 Å². The van der Waals surface area contributed by atoms with E-state index >= 15 is 0 Å². The Balaban J connectivity index is 2.29. The fourth-order valence-corrected chi connectivity index (χ4v) is 2.80. The Labute approximate surface area is 108 Å². The molecule has 1 atom stereocenters. The third kappa shape index (κ3) is 2.43. The molecule has 18 heavy (non-hydrogen) atoms. The van der Waals surface area contributed by atoms with Crippen LogP contribution in [-0.4, -0.2) is 42.0 Å². The molecule has 1 aromatic rings. The van der Waals surface area contributed by atoms with E-state index in [1.54, 1.807) is 0 Å². The standard InChI is InChI=1S/C13H23N3O2/c1-4-18-13(5-9-17-10-6-13)11(14-2)12-15-7-8-16(12)3/h7-8,11,14H,4-6,9-10H2,1-3H3. The number of rotatable bonds is 5. The number of ether oxygens (including phenoxy) is 2. The van der Waals surface area contributed by atoms with Crippen molar-refractivity contribution >= 4 is 0 Å². The topological polar surface area (TPSA) is 48.3 Å². The van der Waals surface area contributed by atoms with E-state index in [2.05, 4.69) is 14.9 Å². The second kappa shape index (κ2) is 5.82. The summed E-state index contributed by atoms with van der Waals surface area (Å²) in [5.74, 6) is 1.02. The minimum absolute atomic E-state index is 0.0985. The molecule has 1 N–H and O–H groups in total. The predicted octanol–water partition coefficient (Wildman–Crippen LogP) is 1.27. The fourth-order valence-electron chi connectivity index (χ4n) is 2.80. The number of likely N-dealkylation sites (N-methyl/N-ethyl adjacent to an activating group) is 1. The molecule has 0 bridgehead atoms. The smallest absolute Gasteiger partial charge is 0.128 e. The number of aromatic nitrogens is 2. The fraction of sp³-hybridized carbons (Fsp3) is 0.769. The van der Waals surface area contributed by atoms with Gasteiger partial charge >= 0.3 is 0 Å². The molecule has 2 rings (SSSR count). The maximum Gasteiger partial charge on any atom is 0.128 e. The van der Waals surface area contributed by atoms with Gasteiger partial charge in [0.15, 0.2) is 0 Å². The van der Waals surface area contributed by atoms with Gasteiger partial charge < -0.3 is 19.4 Å². The Hall–Kier alpha value is -0.910. The quantitative estimate of drug-likeness (QED) is 0.858. The van der Waals surface area contributed by atoms with Crippen LogP contribution in [-0.2, 0) is 16.5 Å². The van der Waals surface area contributed by atoms with Crippen molar-refractivity contribution in [1.29, 1.82) is 0 Å². The van der Waals surface area contributed by atoms with Gasteiger partial charge in [-0.05, 0) is 14.0 Å². The number of aryl methyl sites for hydroxylation is 1. The highest BCUT2D eigenvalue weighted by Gasteiger charge is 2.43. The zero-order chi connectivity index (χ0) is 13.0. The zero-order valence-electron chi connectivity index (χ0n) is 11.5. The number of hydrogen-bond acceptors (Lipinski definition) is 4. The SMILES string of the molecule is CCOC1(C(NC)c2nccn2C)CCOCC1. The Morgan fingerprint density at radius 1 is 1.56 bits per heavy atom. The lowest BCUT2D eigenvalue weighted by atomic mass is 9.85. The molecule has 0 radical (unpaired) electrons. The number of nitrogens with zero attached hydrogens (tertiary/aromatic N) is 2. The molecule has 1 saturated heterocycles. The maximum absolute atomic E-state index is 6.11. The molecule has 1 aromatic heterocycles. The van der Waals surface area contributed by atoms with Crippen molar-refractivity contribution in [2.75, 3.05) is 26.9 Å². The van der Waals surface area contributed by atoms with Crippen LogP contribution < -0.4 is 5.32 Å². The molecule has 5 heteroatoms. The van der Waals surface area contributed by atoms with E-state index in [4.69, 9.17) is 9.47 Å². The van der Waals surface area contributed by atoms with E-state index in [1.807, 2.05) is 33.4 Å². The van der Waals surface area contributed by atoms with E-state index < -0.39 is 0 Å². The summed E-state index contributed by atoms with van der Waals surface area (Å²) < 4.78 is 13.6. The van der Waals surface area contributed by atoms with Gasteiger partial charge in [0.2, 0.25) is 0 Å². The van der Waals surface area contributed by atoms with Crippen LogP contribution in [0, 0.1) is 0 Å². The monoisotopic (exact) mass is 253 g/mol. The summed E-state index contributed by atoms with van der Waals surface area (Å²) in [5, 5.41) is 3.38. The zero-order valence-corrected chi connectivity index (χ0v) is 11.5. The molecule has 0 aliphatic carbocycles. The Morgan fingerprint density at radius 2 is 2.28 bits per heavy atom. The average molecular weight is 253 g/mol. The van der Waals surface area contributed by atoms with E-state index in [1.165, 1.54) is 0 Å². The Bertz CT molecular complexity index is 367. The maximum atomic E-state index is 6.11. The first-order chi connectivity index (χ1) is 8.73. The van der Waals surface area contributed by atoms with E-state index in [9.17, 15) is 0 Å². The summed E-state index contributed by atoms with van der Waals surface area (Å²) in [6.07, 6.45) is 5.61. The van der Waals surface area contributed by atoms with Crippen molar-refractivity contribution < 1.29 is 9.47 Å². The van der Waals surface area contributed by atoms with Gasteiger partial charge in [0.1, 0.15) is 5.82 Å². The lowest BCUT2D eigenvalue weighted by molar-refractivity contribution is -0.128. The molecular weight excluding hydrogens is 230 g/mol. The van der Waals surface area contributed by atoms with E-state index in [0.29, 0.717) is 6.61 Å². The van der Waals surface area contributed by atoms with Crippen molar-refractivity contribution in [2.45, 2.75) is 31.4 Å². The van der Waals surface area contributed by atoms with Crippen LogP contribution in [0.1, 0.15) is 31.6 Å². The van der Waals surface area contributed by atoms with E-state index in [0.717, 1.165) is 31.9 Å². The van der Waals surface area contributed by atoms with Crippen LogP contribution in [0.5, 0.6) is 0 Å². The average Bonchev–Trinajstić information content (AvgIpc) is 2.78. The molecule has 5 nitrogen and oxygen atoms in total. The third-order valence-corrected chi connectivity index (χ3v) is 3.70. The second-order valence-electron chi connectivity index (χ2n) is 4.73. The van der Waals surface area contributed by atoms with Gasteiger partial charge in [0, 0.05) is 52.1 Å². The molecule has 1 aliphatic heterocycles. The van der Waals surface area contributed by atoms with Crippen molar-refractivity contribution in [3.63, 3.8) is 0 Å². The third-order valence-electron chi connectivity index (χ3n) is 3.70. The van der Waals surface area contributed by atoms with Gasteiger partial charge in [-0.25, -0.2) is 4.98 Å². The summed E-state index contributed by atoms with van der Waals surface area (Å²) in [6, 6.07) is 0.0985. The molecule has 0 saturated carbocycles. The van der Waals surface area contributed by atoms with Crippen LogP contribution in [0.15, 0.2) is 12.4 Å². The summed E-state index contributed by atoms with van der Waals surface area (Å²) in [5.41, 5.74) is -0.207. The normalized spacial score (nSPS) is 20.8. The highest BCUT2D eigenvalue weighted by atomic mass is 16.5. The van der Waals surface area contributed by atoms with Crippen LogP contribution in [0.2, 0.25) is 0 Å². The summed E-state index contributed by atoms with van der Waals surface area (Å²) in [6.45, 7) is 4.26. The lowest BCUT2D eigenvalue weighted by Gasteiger charge is -2.42. The minimum atomic E-state index is -0.207. The largest absolute Gasteiger partial charge is 0.381 e. The first-order valence-corrected chi connectivity index (χ1v) is 6.59. The van der Waals surface area contributed by atoms with Crippen molar-refractivity contribution in [3.05, 3.63) is 18.2 Å². The minimum Gasteiger partial charge on any atom is -0.381 e. The van der Waals surface area contributed by atoms with Gasteiger partial charge in [-0.15, -0.1) is 0 Å². The van der Waals surface area contributed by atoms with Crippen LogP contribution >= 0.6 is 0 Å². The number of nitrogens with one attached hydrogen (secondary N) is 1. The number of imidazole rings is 1. The van der Waals surface area contributed by atoms with Crippen LogP contribution in [0.3, 0.4) is 0 Å². The molecule has 102 valence electrons. The molecule has 0 aromatic carbocycles. The first-order valence-electron chi connectivity index (χ1n) is 6.59. The molecule has 1 fully saturated rings. The van der Waals surface area contributed by atoms with Crippen LogP contribution in [0.4, 0.5) is 0 Å². The molecule has 1 unspecified atom stereocenters. The molecule has 0 amide bonds. The highest BCUT2D eigenvalue weighted by molar-refractivity contribution is 5.08. The van der Waals surface area contributed by atoms with Gasteiger partial charge in [-0.1, -0.05) is 0 Å². The Kier molecular flexibility index (Phi) is 4.37. The summed E-state index contributed by atoms with van der Waals surface area (Å²) in [7, 11) is 3.99. The second-order valence-corrected chi connectivity index (χ2v) is 4.73. The molecule has 1 aliphatic rings. The summed E-state index contributed by atoms with van der Waals surface area (Å²) in [4.78, 5) is 4.47. The molecule has 2 heterocycles. The van der Waals surface area contributed by atoms with Gasteiger partial charge in [-0.2, -0.15) is 0 Å². The first kappa shape index (κ1) is 13.5. The molecule has 0 spiro atoms.